The number of carboxylic acids is 4. The van der Waals surface area contributed by atoms with Gasteiger partial charge in [0.05, 0.1) is 32.2 Å². The topological polar surface area (TPSA) is 444 Å². The molecule has 0 saturated heterocycles. The van der Waals surface area contributed by atoms with Gasteiger partial charge in [0.15, 0.2) is 0 Å². The number of aromatic amines is 1. The average Bonchev–Trinajstić information content (AvgIpc) is 3.65. The molecule has 8 amide bonds. The number of benzene rings is 1. The van der Waals surface area contributed by atoms with E-state index >= 15 is 0 Å². The van der Waals surface area contributed by atoms with Gasteiger partial charge in [0.1, 0.15) is 36.3 Å². The molecular formula is C38H52N10O17. The molecular weight excluding hydrogens is 868 g/mol. The number of aliphatic hydroxyl groups is 1. The van der Waals surface area contributed by atoms with E-state index in [0.29, 0.717) is 0 Å². The molecule has 0 aliphatic heterocycles. The van der Waals surface area contributed by atoms with Crippen molar-refractivity contribution < 1.29 is 83.1 Å². The fourth-order valence-electron chi connectivity index (χ4n) is 5.68. The summed E-state index contributed by atoms with van der Waals surface area (Å²) in [6.45, 7) is -0.208. The summed E-state index contributed by atoms with van der Waals surface area (Å²) in [5, 5.41) is 64.4. The monoisotopic (exact) mass is 920 g/mol. The molecule has 0 aliphatic carbocycles. The molecule has 2 aromatic rings. The third-order valence-electron chi connectivity index (χ3n) is 9.21. The van der Waals surface area contributed by atoms with Crippen LogP contribution in [0.25, 0.3) is 10.9 Å². The first-order valence-corrected chi connectivity index (χ1v) is 19.7. The van der Waals surface area contributed by atoms with E-state index in [1.807, 2.05) is 34.9 Å². The predicted octanol–water partition coefficient (Wildman–Crippen LogP) is -5.50. The molecule has 0 aliphatic rings. The first-order valence-electron chi connectivity index (χ1n) is 19.7. The highest BCUT2D eigenvalue weighted by atomic mass is 16.4. The SMILES string of the molecule is C[C@H](NC(=O)[C@H](CC(=O)O)NC(=O)CNC(=O)CNC(=O)[C@H](C)NC(=O)[C@@H](N)Cc1c[nH]c2ccccc12)C(=O)N[C@@H](CO)C(=O)N[C@@H](CCC(=O)O)C(=O)N[C@@H](CCC(=O)O)C(=O)O. The Morgan fingerprint density at radius 1 is 0.585 bits per heavy atom. The van der Waals surface area contributed by atoms with Gasteiger partial charge in [-0.25, -0.2) is 4.79 Å². The number of hydrogen-bond acceptors (Lipinski definition) is 14. The van der Waals surface area contributed by atoms with E-state index in [0.717, 1.165) is 23.4 Å². The molecule has 65 heavy (non-hydrogen) atoms. The second kappa shape index (κ2) is 26.1. The number of nitrogens with two attached hydrogens (primary N) is 1. The second-order valence-electron chi connectivity index (χ2n) is 14.4. The third-order valence-corrected chi connectivity index (χ3v) is 9.21. The number of aliphatic hydroxyl groups excluding tert-OH is 1. The summed E-state index contributed by atoms with van der Waals surface area (Å²) in [4.78, 5) is 150. The molecule has 2 rings (SSSR count). The van der Waals surface area contributed by atoms with Crippen molar-refractivity contribution in [1.29, 1.82) is 0 Å². The van der Waals surface area contributed by atoms with Gasteiger partial charge in [-0.15, -0.1) is 0 Å². The Balaban J connectivity index is 1.90. The highest BCUT2D eigenvalue weighted by Crippen LogP contribution is 2.18. The van der Waals surface area contributed by atoms with Crippen molar-refractivity contribution in [1.82, 2.24) is 47.5 Å². The van der Waals surface area contributed by atoms with Gasteiger partial charge in [-0.1, -0.05) is 18.2 Å². The van der Waals surface area contributed by atoms with Crippen LogP contribution in [0.15, 0.2) is 30.5 Å². The van der Waals surface area contributed by atoms with E-state index in [9.17, 15) is 72.9 Å². The zero-order valence-corrected chi connectivity index (χ0v) is 35.0. The Morgan fingerprint density at radius 3 is 1.71 bits per heavy atom. The normalized spacial score (nSPS) is 14.0. The van der Waals surface area contributed by atoms with Gasteiger partial charge in [0, 0.05) is 29.9 Å². The van der Waals surface area contributed by atoms with Gasteiger partial charge in [-0.3, -0.25) is 52.7 Å². The Bertz CT molecular complexity index is 2110. The quantitative estimate of drug-likeness (QED) is 0.0378. The summed E-state index contributed by atoms with van der Waals surface area (Å²) in [5.74, 6) is -14.3. The fourth-order valence-corrected chi connectivity index (χ4v) is 5.68. The molecule has 1 aromatic heterocycles. The number of fused-ring (bicyclic) bond motifs is 1. The van der Waals surface area contributed by atoms with Crippen LogP contribution >= 0.6 is 0 Å². The zero-order chi connectivity index (χ0) is 49.0. The maximum Gasteiger partial charge on any atom is 0.326 e. The lowest BCUT2D eigenvalue weighted by atomic mass is 10.0. The minimum atomic E-state index is -1.87. The van der Waals surface area contributed by atoms with Crippen LogP contribution in [0.4, 0.5) is 0 Å². The molecule has 27 nitrogen and oxygen atoms in total. The molecule has 16 N–H and O–H groups in total. The molecule has 1 heterocycles. The first-order chi connectivity index (χ1) is 30.5. The van der Waals surface area contributed by atoms with E-state index in [2.05, 4.69) is 36.9 Å². The molecule has 0 saturated carbocycles. The van der Waals surface area contributed by atoms with Crippen LogP contribution < -0.4 is 48.3 Å². The summed E-state index contributed by atoms with van der Waals surface area (Å²) in [5.41, 5.74) is 7.69. The van der Waals surface area contributed by atoms with Gasteiger partial charge >= 0.3 is 23.9 Å². The number of para-hydroxylation sites is 1. The van der Waals surface area contributed by atoms with Crippen molar-refractivity contribution in [3.63, 3.8) is 0 Å². The molecule has 0 fully saturated rings. The fraction of sp³-hybridized carbons (Fsp3) is 0.474. The Morgan fingerprint density at radius 2 is 1.11 bits per heavy atom. The predicted molar refractivity (Wildman–Crippen MR) is 220 cm³/mol. The lowest BCUT2D eigenvalue weighted by Gasteiger charge is -2.25. The van der Waals surface area contributed by atoms with Crippen LogP contribution in [0.1, 0.15) is 51.5 Å². The molecule has 0 radical (unpaired) electrons. The number of aromatic nitrogens is 1. The van der Waals surface area contributed by atoms with E-state index in [1.165, 1.54) is 6.92 Å². The smallest absolute Gasteiger partial charge is 0.326 e. The summed E-state index contributed by atoms with van der Waals surface area (Å²) in [7, 11) is 0. The standard InChI is InChI=1S/C38H52N10O17/c1-17(43-34(60)21(39)11-19-13-40-22-6-4-3-5-20(19)22)32(58)42-14-27(50)41-15-28(51)45-25(12-31(56)57)36(62)44-18(2)33(59)48-26(16-49)37(63)46-23(7-9-29(52)53)35(61)47-24(38(64)65)8-10-30(54)55/h3-6,13,17-18,21,23-26,40,49H,7-12,14-16,39H2,1-2H3,(H,41,50)(H,42,58)(H,43,60)(H,44,62)(H,45,51)(H,46,63)(H,47,61)(H,48,59)(H,52,53)(H,54,55)(H,56,57)(H,64,65)/t17-,18-,21-,23-,24-,25-,26-/m0/s1. The lowest BCUT2D eigenvalue weighted by molar-refractivity contribution is -0.144. The first kappa shape index (κ1) is 53.5. The summed E-state index contributed by atoms with van der Waals surface area (Å²) >= 11 is 0. The number of rotatable bonds is 28. The van der Waals surface area contributed by atoms with Gasteiger partial charge in [0.2, 0.25) is 47.3 Å². The van der Waals surface area contributed by atoms with Crippen LogP contribution in [-0.2, 0) is 64.0 Å². The van der Waals surface area contributed by atoms with E-state index < -0.39 is 165 Å². The van der Waals surface area contributed by atoms with E-state index in [4.69, 9.17) is 15.9 Å². The number of carbonyl (C=O) groups is 12. The Labute approximate surface area is 368 Å². The van der Waals surface area contributed by atoms with Crippen LogP contribution in [0.5, 0.6) is 0 Å². The largest absolute Gasteiger partial charge is 0.481 e. The maximum atomic E-state index is 13.0. The molecule has 0 unspecified atom stereocenters. The van der Waals surface area contributed by atoms with Crippen molar-refractivity contribution in [2.45, 2.75) is 94.7 Å². The molecule has 7 atom stereocenters. The van der Waals surface area contributed by atoms with Gasteiger partial charge in [-0.2, -0.15) is 0 Å². The number of carboxylic acid groups (broad SMARTS) is 4. The summed E-state index contributed by atoms with van der Waals surface area (Å²) in [6.07, 6.45) is -1.72. The highest BCUT2D eigenvalue weighted by molar-refractivity contribution is 5.98. The number of carbonyl (C=O) groups excluding carboxylic acids is 8. The van der Waals surface area contributed by atoms with Gasteiger partial charge in [0.25, 0.3) is 0 Å². The van der Waals surface area contributed by atoms with Crippen molar-refractivity contribution >= 4 is 82.0 Å². The second-order valence-corrected chi connectivity index (χ2v) is 14.4. The van der Waals surface area contributed by atoms with Gasteiger partial charge in [-0.05, 0) is 44.7 Å². The maximum absolute atomic E-state index is 13.0. The third kappa shape index (κ3) is 18.7. The molecule has 356 valence electrons. The van der Waals surface area contributed by atoms with Crippen molar-refractivity contribution in [3.8, 4) is 0 Å². The Kier molecular flexibility index (Phi) is 21.4. The highest BCUT2D eigenvalue weighted by Gasteiger charge is 2.32. The molecule has 0 bridgehead atoms. The number of aliphatic carboxylic acids is 4. The van der Waals surface area contributed by atoms with E-state index in [-0.39, 0.29) is 6.42 Å². The zero-order valence-electron chi connectivity index (χ0n) is 35.0. The molecule has 0 spiro atoms. The average molecular weight is 921 g/mol. The minimum absolute atomic E-state index is 0.163. The Hall–Kier alpha value is -7.68. The van der Waals surface area contributed by atoms with Crippen LogP contribution in [0.3, 0.4) is 0 Å². The number of hydrogen-bond donors (Lipinski definition) is 15. The number of nitrogens with one attached hydrogen (secondary N) is 9. The van der Waals surface area contributed by atoms with Crippen LogP contribution in [0, 0.1) is 0 Å². The molecule has 27 heteroatoms. The molecule has 1 aromatic carbocycles. The number of H-pyrrole nitrogens is 1. The summed E-state index contributed by atoms with van der Waals surface area (Å²) < 4.78 is 0. The van der Waals surface area contributed by atoms with Crippen LogP contribution in [0.2, 0.25) is 0 Å². The lowest BCUT2D eigenvalue weighted by Crippen LogP contribution is -2.59. The number of amides is 8. The van der Waals surface area contributed by atoms with Crippen molar-refractivity contribution in [3.05, 3.63) is 36.0 Å². The van der Waals surface area contributed by atoms with Gasteiger partial charge < -0.3 is 78.8 Å². The van der Waals surface area contributed by atoms with Crippen LogP contribution in [-0.4, -0.2) is 164 Å². The summed E-state index contributed by atoms with van der Waals surface area (Å²) in [6, 6.07) is -3.56. The minimum Gasteiger partial charge on any atom is -0.481 e. The van der Waals surface area contributed by atoms with E-state index in [1.54, 1.807) is 6.20 Å². The van der Waals surface area contributed by atoms with Crippen molar-refractivity contribution in [2.24, 2.45) is 5.73 Å². The van der Waals surface area contributed by atoms with Crippen molar-refractivity contribution in [2.75, 3.05) is 19.7 Å².